The zero-order valence-corrected chi connectivity index (χ0v) is 14.3. The highest BCUT2D eigenvalue weighted by molar-refractivity contribution is 7.89. The molecule has 0 bridgehead atoms. The highest BCUT2D eigenvalue weighted by atomic mass is 32.2. The Labute approximate surface area is 133 Å². The summed E-state index contributed by atoms with van der Waals surface area (Å²) in [7, 11) is -3.25. The molecule has 0 amide bonds. The lowest BCUT2D eigenvalue weighted by Gasteiger charge is -2.25. The third-order valence-corrected chi connectivity index (χ3v) is 5.97. The van der Waals surface area contributed by atoms with Crippen LogP contribution in [0.1, 0.15) is 25.8 Å². The smallest absolute Gasteiger partial charge is 0.216 e. The summed E-state index contributed by atoms with van der Waals surface area (Å²) in [4.78, 5) is 0. The average Bonchev–Trinajstić information content (AvgIpc) is 2.72. The van der Waals surface area contributed by atoms with E-state index in [4.69, 9.17) is 9.47 Å². The van der Waals surface area contributed by atoms with E-state index in [1.54, 1.807) is 13.8 Å². The van der Waals surface area contributed by atoms with E-state index in [1.807, 2.05) is 31.2 Å². The van der Waals surface area contributed by atoms with Crippen LogP contribution in [0.15, 0.2) is 24.3 Å². The Morgan fingerprint density at radius 3 is 2.64 bits per heavy atom. The molecule has 1 aromatic carbocycles. The second-order valence-corrected chi connectivity index (χ2v) is 8.41. The molecular weight excluding hydrogens is 302 g/mol. The molecule has 6 heteroatoms. The van der Waals surface area contributed by atoms with Crippen molar-refractivity contribution in [2.75, 3.05) is 26.3 Å². The minimum Gasteiger partial charge on any atom is -0.491 e. The van der Waals surface area contributed by atoms with Gasteiger partial charge in [-0.1, -0.05) is 17.7 Å². The highest BCUT2D eigenvalue weighted by Gasteiger charge is 2.30. The van der Waals surface area contributed by atoms with Crippen molar-refractivity contribution in [1.29, 1.82) is 0 Å². The highest BCUT2D eigenvalue weighted by Crippen LogP contribution is 2.16. The fraction of sp³-hybridized carbons (Fsp3) is 0.625. The summed E-state index contributed by atoms with van der Waals surface area (Å²) in [6, 6.07) is 7.79. The predicted octanol–water partition coefficient (Wildman–Crippen LogP) is 2.20. The molecule has 22 heavy (non-hydrogen) atoms. The third kappa shape index (κ3) is 4.44. The van der Waals surface area contributed by atoms with E-state index in [9.17, 15) is 8.42 Å². The molecule has 0 aromatic heterocycles. The molecule has 5 nitrogen and oxygen atoms in total. The lowest BCUT2D eigenvalue weighted by Crippen LogP contribution is -2.42. The van der Waals surface area contributed by atoms with Crippen molar-refractivity contribution in [2.24, 2.45) is 0 Å². The topological polar surface area (TPSA) is 55.8 Å². The number of sulfonamides is 1. The van der Waals surface area contributed by atoms with Crippen molar-refractivity contribution in [3.63, 3.8) is 0 Å². The maximum atomic E-state index is 12.3. The van der Waals surface area contributed by atoms with Gasteiger partial charge in [-0.15, -0.1) is 0 Å². The van der Waals surface area contributed by atoms with Gasteiger partial charge in [-0.2, -0.15) is 4.31 Å². The second kappa shape index (κ2) is 7.44. The molecule has 1 unspecified atom stereocenters. The fourth-order valence-corrected chi connectivity index (χ4v) is 3.67. The summed E-state index contributed by atoms with van der Waals surface area (Å²) in [5.74, 6) is 0.775. The average molecular weight is 327 g/mol. The molecule has 0 aliphatic carbocycles. The van der Waals surface area contributed by atoms with Crippen molar-refractivity contribution >= 4 is 10.0 Å². The van der Waals surface area contributed by atoms with E-state index in [0.29, 0.717) is 32.7 Å². The maximum absolute atomic E-state index is 12.3. The van der Waals surface area contributed by atoms with Gasteiger partial charge in [0.05, 0.1) is 5.25 Å². The SMILES string of the molecule is Cc1ccc(OCC2CN(S(=O)(=O)C(C)C)CCCO2)cc1. The van der Waals surface area contributed by atoms with Crippen LogP contribution in [0.3, 0.4) is 0 Å². The summed E-state index contributed by atoms with van der Waals surface area (Å²) < 4.78 is 37.6. The minimum absolute atomic E-state index is 0.239. The van der Waals surface area contributed by atoms with Gasteiger partial charge in [-0.25, -0.2) is 8.42 Å². The number of hydrogen-bond acceptors (Lipinski definition) is 4. The molecule has 0 radical (unpaired) electrons. The molecular formula is C16H25NO4S. The van der Waals surface area contributed by atoms with Crippen LogP contribution in [0.5, 0.6) is 5.75 Å². The number of rotatable bonds is 5. The van der Waals surface area contributed by atoms with Crippen LogP contribution in [0.2, 0.25) is 0 Å². The molecule has 124 valence electrons. The van der Waals surface area contributed by atoms with Gasteiger partial charge >= 0.3 is 0 Å². The maximum Gasteiger partial charge on any atom is 0.216 e. The first-order chi connectivity index (χ1) is 10.4. The van der Waals surface area contributed by atoms with Gasteiger partial charge in [-0.05, 0) is 39.3 Å². The van der Waals surface area contributed by atoms with E-state index >= 15 is 0 Å². The molecule has 0 saturated carbocycles. The number of benzene rings is 1. The van der Waals surface area contributed by atoms with Gasteiger partial charge in [0.2, 0.25) is 10.0 Å². The molecule has 1 fully saturated rings. The quantitative estimate of drug-likeness (QED) is 0.832. The standard InChI is InChI=1S/C16H25NO4S/c1-13(2)22(18,19)17-9-4-10-20-16(11-17)12-21-15-7-5-14(3)6-8-15/h5-8,13,16H,4,9-12H2,1-3H3. The second-order valence-electron chi connectivity index (χ2n) is 5.92. The van der Waals surface area contributed by atoms with Crippen LogP contribution in [0.25, 0.3) is 0 Å². The zero-order valence-electron chi connectivity index (χ0n) is 13.5. The normalized spacial score (nSPS) is 20.8. The van der Waals surface area contributed by atoms with Crippen molar-refractivity contribution in [2.45, 2.75) is 38.5 Å². The van der Waals surface area contributed by atoms with Gasteiger partial charge in [0, 0.05) is 19.7 Å². The molecule has 0 N–H and O–H groups in total. The lowest BCUT2D eigenvalue weighted by atomic mass is 10.2. The lowest BCUT2D eigenvalue weighted by molar-refractivity contribution is 0.0272. The van der Waals surface area contributed by atoms with Crippen LogP contribution in [0.4, 0.5) is 0 Å². The van der Waals surface area contributed by atoms with Crippen LogP contribution < -0.4 is 4.74 Å². The van der Waals surface area contributed by atoms with Crippen molar-refractivity contribution in [3.05, 3.63) is 29.8 Å². The Hall–Kier alpha value is -1.11. The summed E-state index contributed by atoms with van der Waals surface area (Å²) in [6.45, 7) is 7.22. The largest absolute Gasteiger partial charge is 0.491 e. The van der Waals surface area contributed by atoms with Crippen molar-refractivity contribution in [1.82, 2.24) is 4.31 Å². The molecule has 1 atom stereocenters. The van der Waals surface area contributed by atoms with E-state index in [-0.39, 0.29) is 6.10 Å². The van der Waals surface area contributed by atoms with E-state index < -0.39 is 15.3 Å². The molecule has 2 rings (SSSR count). The molecule has 0 spiro atoms. The van der Waals surface area contributed by atoms with Crippen LogP contribution in [-0.4, -0.2) is 50.4 Å². The summed E-state index contributed by atoms with van der Waals surface area (Å²) >= 11 is 0. The van der Waals surface area contributed by atoms with Gasteiger partial charge in [0.15, 0.2) is 0 Å². The Kier molecular flexibility index (Phi) is 5.83. The van der Waals surface area contributed by atoms with Gasteiger partial charge in [0.25, 0.3) is 0 Å². The Morgan fingerprint density at radius 2 is 2.00 bits per heavy atom. The summed E-state index contributed by atoms with van der Waals surface area (Å²) in [5, 5.41) is -0.413. The number of hydrogen-bond donors (Lipinski definition) is 0. The van der Waals surface area contributed by atoms with Gasteiger partial charge < -0.3 is 9.47 Å². The third-order valence-electron chi connectivity index (χ3n) is 3.73. The first kappa shape index (κ1) is 17.2. The van der Waals surface area contributed by atoms with Crippen LogP contribution in [-0.2, 0) is 14.8 Å². The first-order valence-corrected chi connectivity index (χ1v) is 9.20. The predicted molar refractivity (Wildman–Crippen MR) is 86.7 cm³/mol. The van der Waals surface area contributed by atoms with Gasteiger partial charge in [-0.3, -0.25) is 0 Å². The number of nitrogens with zero attached hydrogens (tertiary/aromatic N) is 1. The van der Waals surface area contributed by atoms with Crippen molar-refractivity contribution in [3.8, 4) is 5.75 Å². The number of ether oxygens (including phenoxy) is 2. The summed E-state index contributed by atoms with van der Waals surface area (Å²) in [5.41, 5.74) is 1.17. The van der Waals surface area contributed by atoms with Gasteiger partial charge in [0.1, 0.15) is 18.5 Å². The van der Waals surface area contributed by atoms with E-state index in [1.165, 1.54) is 9.87 Å². The Morgan fingerprint density at radius 1 is 1.32 bits per heavy atom. The van der Waals surface area contributed by atoms with Crippen molar-refractivity contribution < 1.29 is 17.9 Å². The Bertz CT molecular complexity index is 568. The zero-order chi connectivity index (χ0) is 16.2. The summed E-state index contributed by atoms with van der Waals surface area (Å²) in [6.07, 6.45) is 0.477. The number of aryl methyl sites for hydroxylation is 1. The minimum atomic E-state index is -3.25. The molecule has 1 heterocycles. The molecule has 1 aliphatic heterocycles. The van der Waals surface area contributed by atoms with E-state index in [2.05, 4.69) is 0 Å². The molecule has 1 saturated heterocycles. The van der Waals surface area contributed by atoms with E-state index in [0.717, 1.165) is 5.75 Å². The van der Waals surface area contributed by atoms with Crippen LogP contribution >= 0.6 is 0 Å². The molecule has 1 aliphatic rings. The first-order valence-electron chi connectivity index (χ1n) is 7.69. The Balaban J connectivity index is 1.97. The monoisotopic (exact) mass is 327 g/mol. The van der Waals surface area contributed by atoms with Crippen LogP contribution in [0, 0.1) is 6.92 Å². The molecule has 1 aromatic rings. The fourth-order valence-electron chi connectivity index (χ4n) is 2.32.